The van der Waals surface area contributed by atoms with E-state index >= 15 is 0 Å². The highest BCUT2D eigenvalue weighted by Crippen LogP contribution is 2.26. The predicted molar refractivity (Wildman–Crippen MR) is 90.3 cm³/mol. The Labute approximate surface area is 137 Å². The molecular formula is C18H25N5. The van der Waals surface area contributed by atoms with Crippen LogP contribution in [0.4, 0.5) is 0 Å². The fourth-order valence-corrected chi connectivity index (χ4v) is 3.82. The van der Waals surface area contributed by atoms with Gasteiger partial charge < -0.3 is 14.8 Å². The highest BCUT2D eigenvalue weighted by atomic mass is 15.3. The number of hydrogen-bond acceptors (Lipinski definition) is 4. The van der Waals surface area contributed by atoms with Gasteiger partial charge in [-0.25, -0.2) is 0 Å². The molecule has 0 amide bonds. The molecule has 0 radical (unpaired) electrons. The quantitative estimate of drug-likeness (QED) is 0.935. The highest BCUT2D eigenvalue weighted by Gasteiger charge is 2.27. The zero-order chi connectivity index (χ0) is 15.5. The average Bonchev–Trinajstić information content (AvgIpc) is 3.05. The van der Waals surface area contributed by atoms with Crippen LogP contribution in [0.25, 0.3) is 0 Å². The van der Waals surface area contributed by atoms with Crippen molar-refractivity contribution in [3.8, 4) is 0 Å². The molecule has 2 aliphatic rings. The van der Waals surface area contributed by atoms with Crippen molar-refractivity contribution in [2.75, 3.05) is 26.2 Å². The molecular weight excluding hydrogens is 286 g/mol. The third kappa shape index (κ3) is 3.31. The first kappa shape index (κ1) is 14.8. The van der Waals surface area contributed by atoms with Gasteiger partial charge in [0.2, 0.25) is 0 Å². The van der Waals surface area contributed by atoms with E-state index in [0.29, 0.717) is 5.92 Å². The number of rotatable bonds is 4. The fraction of sp³-hybridized carbons (Fsp3) is 0.556. The van der Waals surface area contributed by atoms with E-state index in [0.717, 1.165) is 45.0 Å². The molecule has 1 fully saturated rings. The van der Waals surface area contributed by atoms with Gasteiger partial charge in [-0.05, 0) is 31.4 Å². The molecule has 1 aromatic carbocycles. The summed E-state index contributed by atoms with van der Waals surface area (Å²) >= 11 is 0. The number of nitrogens with zero attached hydrogens (tertiary/aromatic N) is 4. The molecule has 2 aromatic rings. The van der Waals surface area contributed by atoms with E-state index in [1.807, 2.05) is 0 Å². The van der Waals surface area contributed by atoms with Crippen LogP contribution in [0.5, 0.6) is 0 Å². The predicted octanol–water partition coefficient (Wildman–Crippen LogP) is 1.80. The molecule has 0 spiro atoms. The van der Waals surface area contributed by atoms with Gasteiger partial charge in [-0.2, -0.15) is 0 Å². The van der Waals surface area contributed by atoms with Crippen LogP contribution in [0.1, 0.15) is 36.0 Å². The van der Waals surface area contributed by atoms with Gasteiger partial charge in [0.05, 0.1) is 6.54 Å². The third-order valence-corrected chi connectivity index (χ3v) is 5.08. The summed E-state index contributed by atoms with van der Waals surface area (Å²) in [5, 5.41) is 12.3. The largest absolute Gasteiger partial charge is 0.312 e. The molecule has 4 rings (SSSR count). The number of likely N-dealkylation sites (tertiary alicyclic amines) is 1. The van der Waals surface area contributed by atoms with Crippen molar-refractivity contribution in [1.82, 2.24) is 25.0 Å². The van der Waals surface area contributed by atoms with Crippen LogP contribution >= 0.6 is 0 Å². The van der Waals surface area contributed by atoms with Gasteiger partial charge in [0, 0.05) is 32.1 Å². The van der Waals surface area contributed by atoms with E-state index < -0.39 is 0 Å². The van der Waals surface area contributed by atoms with E-state index in [1.54, 1.807) is 0 Å². The maximum atomic E-state index is 4.52. The van der Waals surface area contributed by atoms with Crippen molar-refractivity contribution >= 4 is 0 Å². The number of nitrogens with one attached hydrogen (secondary N) is 1. The molecule has 0 bridgehead atoms. The molecule has 23 heavy (non-hydrogen) atoms. The van der Waals surface area contributed by atoms with Gasteiger partial charge >= 0.3 is 0 Å². The Balaban J connectivity index is 1.40. The standard InChI is InChI=1S/C18H25N5/c1-2-5-15(6-3-1)8-11-22-10-4-7-16(14-22)18-21-20-17-13-19-9-12-23(17)18/h1-3,5-6,16,19H,4,7-14H2/t16-/m0/s1. The molecule has 1 saturated heterocycles. The SMILES string of the molecule is c1ccc(CCN2CCC[C@H](c3nnc4n3CCNC4)C2)cc1. The van der Waals surface area contributed by atoms with E-state index in [-0.39, 0.29) is 0 Å². The van der Waals surface area contributed by atoms with E-state index in [4.69, 9.17) is 0 Å². The van der Waals surface area contributed by atoms with Crippen LogP contribution in [-0.2, 0) is 19.5 Å². The molecule has 2 aliphatic heterocycles. The minimum Gasteiger partial charge on any atom is -0.312 e. The number of piperidine rings is 1. The van der Waals surface area contributed by atoms with Gasteiger partial charge in [0.1, 0.15) is 11.6 Å². The van der Waals surface area contributed by atoms with E-state index in [1.165, 1.54) is 30.8 Å². The molecule has 122 valence electrons. The zero-order valence-electron chi connectivity index (χ0n) is 13.6. The first-order chi connectivity index (χ1) is 11.4. The van der Waals surface area contributed by atoms with Gasteiger partial charge in [-0.3, -0.25) is 0 Å². The molecule has 1 N–H and O–H groups in total. The Bertz CT molecular complexity index is 636. The maximum Gasteiger partial charge on any atom is 0.147 e. The molecule has 3 heterocycles. The van der Waals surface area contributed by atoms with Crippen LogP contribution in [-0.4, -0.2) is 45.8 Å². The van der Waals surface area contributed by atoms with Crippen molar-refractivity contribution in [1.29, 1.82) is 0 Å². The Hall–Kier alpha value is -1.72. The number of hydrogen-bond donors (Lipinski definition) is 1. The normalized spacial score (nSPS) is 22.0. The summed E-state index contributed by atoms with van der Waals surface area (Å²) in [4.78, 5) is 2.60. The number of fused-ring (bicyclic) bond motifs is 1. The summed E-state index contributed by atoms with van der Waals surface area (Å²) in [6, 6.07) is 10.8. The van der Waals surface area contributed by atoms with Crippen molar-refractivity contribution in [2.45, 2.75) is 38.3 Å². The lowest BCUT2D eigenvalue weighted by Crippen LogP contribution is -2.37. The summed E-state index contributed by atoms with van der Waals surface area (Å²) < 4.78 is 2.35. The Kier molecular flexibility index (Phi) is 4.39. The van der Waals surface area contributed by atoms with Crippen molar-refractivity contribution in [2.24, 2.45) is 0 Å². The second-order valence-corrected chi connectivity index (χ2v) is 6.68. The monoisotopic (exact) mass is 311 g/mol. The average molecular weight is 311 g/mol. The van der Waals surface area contributed by atoms with Crippen LogP contribution in [0.2, 0.25) is 0 Å². The summed E-state index contributed by atoms with van der Waals surface area (Å²) in [5.74, 6) is 2.86. The van der Waals surface area contributed by atoms with Gasteiger partial charge in [0.25, 0.3) is 0 Å². The van der Waals surface area contributed by atoms with Gasteiger partial charge in [0.15, 0.2) is 0 Å². The number of aromatic nitrogens is 3. The summed E-state index contributed by atoms with van der Waals surface area (Å²) in [6.45, 7) is 6.38. The lowest BCUT2D eigenvalue weighted by molar-refractivity contribution is 0.203. The minimum absolute atomic E-state index is 0.541. The smallest absolute Gasteiger partial charge is 0.147 e. The van der Waals surface area contributed by atoms with Crippen LogP contribution in [0.15, 0.2) is 30.3 Å². The molecule has 5 nitrogen and oxygen atoms in total. The van der Waals surface area contributed by atoms with Crippen LogP contribution in [0, 0.1) is 0 Å². The second-order valence-electron chi connectivity index (χ2n) is 6.68. The molecule has 0 saturated carbocycles. The number of benzene rings is 1. The van der Waals surface area contributed by atoms with Crippen molar-refractivity contribution in [3.05, 3.63) is 47.5 Å². The molecule has 0 unspecified atom stereocenters. The van der Waals surface area contributed by atoms with Crippen LogP contribution in [0.3, 0.4) is 0 Å². The fourth-order valence-electron chi connectivity index (χ4n) is 3.82. The Morgan fingerprint density at radius 2 is 2.04 bits per heavy atom. The molecule has 1 aromatic heterocycles. The summed E-state index contributed by atoms with van der Waals surface area (Å²) in [5.41, 5.74) is 1.43. The summed E-state index contributed by atoms with van der Waals surface area (Å²) in [7, 11) is 0. The zero-order valence-corrected chi connectivity index (χ0v) is 13.6. The highest BCUT2D eigenvalue weighted by molar-refractivity contribution is 5.15. The van der Waals surface area contributed by atoms with Crippen molar-refractivity contribution < 1.29 is 0 Å². The van der Waals surface area contributed by atoms with Crippen LogP contribution < -0.4 is 5.32 Å². The Morgan fingerprint density at radius 1 is 1.13 bits per heavy atom. The second kappa shape index (κ2) is 6.81. The minimum atomic E-state index is 0.541. The van der Waals surface area contributed by atoms with E-state index in [9.17, 15) is 0 Å². The summed E-state index contributed by atoms with van der Waals surface area (Å²) in [6.07, 6.45) is 3.64. The van der Waals surface area contributed by atoms with Gasteiger partial charge in [-0.1, -0.05) is 30.3 Å². The topological polar surface area (TPSA) is 46.0 Å². The first-order valence-corrected chi connectivity index (χ1v) is 8.79. The van der Waals surface area contributed by atoms with Gasteiger partial charge in [-0.15, -0.1) is 10.2 Å². The maximum absolute atomic E-state index is 4.52. The molecule has 1 atom stereocenters. The first-order valence-electron chi connectivity index (χ1n) is 8.79. The van der Waals surface area contributed by atoms with Crippen molar-refractivity contribution in [3.63, 3.8) is 0 Å². The lowest BCUT2D eigenvalue weighted by Gasteiger charge is -2.32. The molecule has 5 heteroatoms. The third-order valence-electron chi connectivity index (χ3n) is 5.08. The van der Waals surface area contributed by atoms with E-state index in [2.05, 4.69) is 55.3 Å². The molecule has 0 aliphatic carbocycles. The lowest BCUT2D eigenvalue weighted by atomic mass is 9.96. The Morgan fingerprint density at radius 3 is 2.96 bits per heavy atom.